The third-order valence-corrected chi connectivity index (χ3v) is 6.45. The number of nitrogens with one attached hydrogen (secondary N) is 1. The normalized spacial score (nSPS) is 11.4. The highest BCUT2D eigenvalue weighted by molar-refractivity contribution is 7.89. The van der Waals surface area contributed by atoms with Crippen molar-refractivity contribution in [2.45, 2.75) is 18.4 Å². The SMILES string of the molecule is CCOc1ccccc1-c1noc(COC(=O)c2cc(S(=O)(=O)N(C)C)ccc2NCCO)n1. The minimum Gasteiger partial charge on any atom is -0.493 e. The molecule has 0 unspecified atom stereocenters. The molecule has 182 valence electrons. The van der Waals surface area contributed by atoms with E-state index in [9.17, 15) is 13.2 Å². The van der Waals surface area contributed by atoms with Crippen LogP contribution in [0.2, 0.25) is 0 Å². The Labute approximate surface area is 197 Å². The highest BCUT2D eigenvalue weighted by atomic mass is 32.2. The minimum atomic E-state index is -3.78. The van der Waals surface area contributed by atoms with Gasteiger partial charge in [0.1, 0.15) is 5.75 Å². The van der Waals surface area contributed by atoms with E-state index < -0.39 is 16.0 Å². The lowest BCUT2D eigenvalue weighted by Crippen LogP contribution is -2.23. The van der Waals surface area contributed by atoms with Crippen molar-refractivity contribution in [3.63, 3.8) is 0 Å². The second-order valence-corrected chi connectivity index (χ2v) is 9.31. The smallest absolute Gasteiger partial charge is 0.340 e. The second kappa shape index (κ2) is 11.1. The fraction of sp³-hybridized carbons (Fsp3) is 0.318. The van der Waals surface area contributed by atoms with Gasteiger partial charge in [-0.3, -0.25) is 0 Å². The molecule has 0 spiro atoms. The lowest BCUT2D eigenvalue weighted by molar-refractivity contribution is 0.0430. The number of sulfonamides is 1. The van der Waals surface area contributed by atoms with Crippen LogP contribution in [0.1, 0.15) is 23.2 Å². The molecule has 0 bridgehead atoms. The van der Waals surface area contributed by atoms with Crippen LogP contribution in [0.3, 0.4) is 0 Å². The Morgan fingerprint density at radius 2 is 1.97 bits per heavy atom. The predicted octanol–water partition coefficient (Wildman–Crippen LogP) is 2.15. The molecule has 0 aliphatic heterocycles. The van der Waals surface area contributed by atoms with E-state index in [1.807, 2.05) is 19.1 Å². The number of carbonyl (C=O) groups excluding carboxylic acids is 1. The average Bonchev–Trinajstić information content (AvgIpc) is 3.30. The molecular formula is C22H26N4O7S. The first-order valence-electron chi connectivity index (χ1n) is 10.4. The van der Waals surface area contributed by atoms with E-state index in [1.165, 1.54) is 32.3 Å². The number of carbonyl (C=O) groups is 1. The third kappa shape index (κ3) is 5.71. The molecule has 0 fully saturated rings. The Hall–Kier alpha value is -3.48. The maximum atomic E-state index is 12.8. The van der Waals surface area contributed by atoms with Gasteiger partial charge in [-0.25, -0.2) is 17.5 Å². The molecule has 3 rings (SSSR count). The summed E-state index contributed by atoms with van der Waals surface area (Å²) in [5.74, 6) is 0.120. The molecule has 2 aromatic carbocycles. The molecule has 2 N–H and O–H groups in total. The van der Waals surface area contributed by atoms with Gasteiger partial charge in [-0.1, -0.05) is 17.3 Å². The van der Waals surface area contributed by atoms with Crippen LogP contribution in [0.25, 0.3) is 11.4 Å². The molecule has 1 heterocycles. The van der Waals surface area contributed by atoms with Crippen LogP contribution >= 0.6 is 0 Å². The van der Waals surface area contributed by atoms with E-state index in [0.29, 0.717) is 23.6 Å². The highest BCUT2D eigenvalue weighted by Gasteiger charge is 2.23. The van der Waals surface area contributed by atoms with Crippen LogP contribution < -0.4 is 10.1 Å². The van der Waals surface area contributed by atoms with Gasteiger partial charge in [0.2, 0.25) is 15.8 Å². The van der Waals surface area contributed by atoms with Crippen molar-refractivity contribution in [1.82, 2.24) is 14.4 Å². The molecule has 0 atom stereocenters. The van der Waals surface area contributed by atoms with Crippen LogP contribution in [-0.2, 0) is 21.4 Å². The van der Waals surface area contributed by atoms with Crippen molar-refractivity contribution in [2.24, 2.45) is 0 Å². The molecule has 12 heteroatoms. The van der Waals surface area contributed by atoms with E-state index in [0.717, 1.165) is 4.31 Å². The number of aromatic nitrogens is 2. The van der Waals surface area contributed by atoms with Crippen molar-refractivity contribution < 1.29 is 32.3 Å². The van der Waals surface area contributed by atoms with Crippen molar-refractivity contribution in [2.75, 3.05) is 39.2 Å². The maximum Gasteiger partial charge on any atom is 0.340 e. The van der Waals surface area contributed by atoms with Crippen molar-refractivity contribution >= 4 is 21.7 Å². The van der Waals surface area contributed by atoms with Gasteiger partial charge < -0.3 is 24.4 Å². The minimum absolute atomic E-state index is 0.0159. The summed E-state index contributed by atoms with van der Waals surface area (Å²) < 4.78 is 42.1. The zero-order chi connectivity index (χ0) is 24.7. The summed E-state index contributed by atoms with van der Waals surface area (Å²) in [7, 11) is -0.996. The zero-order valence-corrected chi connectivity index (χ0v) is 19.8. The molecule has 0 saturated carbocycles. The number of hydrogen-bond donors (Lipinski definition) is 2. The average molecular weight is 491 g/mol. The number of esters is 1. The summed E-state index contributed by atoms with van der Waals surface area (Å²) in [5, 5.41) is 15.9. The zero-order valence-electron chi connectivity index (χ0n) is 19.0. The first kappa shape index (κ1) is 25.1. The monoisotopic (exact) mass is 490 g/mol. The first-order chi connectivity index (χ1) is 16.3. The summed E-state index contributed by atoms with van der Waals surface area (Å²) in [4.78, 5) is 17.0. The van der Waals surface area contributed by atoms with Gasteiger partial charge in [0.05, 0.1) is 29.2 Å². The number of ether oxygens (including phenoxy) is 2. The van der Waals surface area contributed by atoms with Gasteiger partial charge in [-0.05, 0) is 37.3 Å². The largest absolute Gasteiger partial charge is 0.493 e. The predicted molar refractivity (Wildman–Crippen MR) is 123 cm³/mol. The summed E-state index contributed by atoms with van der Waals surface area (Å²) in [6.45, 7) is 1.98. The lowest BCUT2D eigenvalue weighted by atomic mass is 10.2. The van der Waals surface area contributed by atoms with Crippen LogP contribution in [0.4, 0.5) is 5.69 Å². The molecule has 34 heavy (non-hydrogen) atoms. The molecular weight excluding hydrogens is 464 g/mol. The number of benzene rings is 2. The molecule has 0 amide bonds. The molecule has 3 aromatic rings. The molecule has 0 saturated heterocycles. The molecule has 11 nitrogen and oxygen atoms in total. The highest BCUT2D eigenvalue weighted by Crippen LogP contribution is 2.28. The number of hydrogen-bond acceptors (Lipinski definition) is 10. The summed E-state index contributed by atoms with van der Waals surface area (Å²) in [6, 6.07) is 11.2. The van der Waals surface area contributed by atoms with E-state index in [-0.39, 0.29) is 41.9 Å². The van der Waals surface area contributed by atoms with Crippen molar-refractivity contribution in [3.8, 4) is 17.1 Å². The Morgan fingerprint density at radius 3 is 2.68 bits per heavy atom. The summed E-state index contributed by atoms with van der Waals surface area (Å²) >= 11 is 0. The van der Waals surface area contributed by atoms with Crippen molar-refractivity contribution in [3.05, 3.63) is 53.9 Å². The summed E-state index contributed by atoms with van der Waals surface area (Å²) in [6.07, 6.45) is 0. The topological polar surface area (TPSA) is 144 Å². The van der Waals surface area contributed by atoms with Crippen LogP contribution in [0.15, 0.2) is 51.9 Å². The fourth-order valence-corrected chi connectivity index (χ4v) is 3.90. The molecule has 0 aliphatic carbocycles. The molecule has 0 radical (unpaired) electrons. The van der Waals surface area contributed by atoms with Crippen LogP contribution in [0.5, 0.6) is 5.75 Å². The Bertz CT molecular complexity index is 1240. The number of para-hydroxylation sites is 1. The van der Waals surface area contributed by atoms with Gasteiger partial charge in [0.15, 0.2) is 6.61 Å². The quantitative estimate of drug-likeness (QED) is 0.384. The van der Waals surface area contributed by atoms with Gasteiger partial charge in [-0.15, -0.1) is 0 Å². The Kier molecular flexibility index (Phi) is 8.21. The third-order valence-electron chi connectivity index (χ3n) is 4.64. The Balaban J connectivity index is 1.81. The van der Waals surface area contributed by atoms with E-state index in [2.05, 4.69) is 15.5 Å². The van der Waals surface area contributed by atoms with E-state index in [4.69, 9.17) is 19.1 Å². The molecule has 1 aromatic heterocycles. The van der Waals surface area contributed by atoms with Gasteiger partial charge in [0, 0.05) is 26.3 Å². The van der Waals surface area contributed by atoms with Gasteiger partial charge in [-0.2, -0.15) is 4.98 Å². The van der Waals surface area contributed by atoms with Gasteiger partial charge in [0.25, 0.3) is 5.89 Å². The van der Waals surface area contributed by atoms with E-state index >= 15 is 0 Å². The summed E-state index contributed by atoms with van der Waals surface area (Å²) in [5.41, 5.74) is 0.925. The lowest BCUT2D eigenvalue weighted by Gasteiger charge is -2.15. The van der Waals surface area contributed by atoms with Crippen molar-refractivity contribution in [1.29, 1.82) is 0 Å². The van der Waals surface area contributed by atoms with Crippen LogP contribution in [0, 0.1) is 0 Å². The molecule has 0 aliphatic rings. The Morgan fingerprint density at radius 1 is 1.21 bits per heavy atom. The van der Waals surface area contributed by atoms with E-state index in [1.54, 1.807) is 12.1 Å². The standard InChI is InChI=1S/C22H26N4O7S/c1-4-31-19-8-6-5-7-16(19)21-24-20(33-25-21)14-32-22(28)17-13-15(34(29,30)26(2)3)9-10-18(17)23-11-12-27/h5-10,13,23,27H,4,11-12,14H2,1-3H3. The first-order valence-corrected chi connectivity index (χ1v) is 11.8. The second-order valence-electron chi connectivity index (χ2n) is 7.16. The number of rotatable bonds is 11. The number of aliphatic hydroxyl groups is 1. The maximum absolute atomic E-state index is 12.8. The number of nitrogens with zero attached hydrogens (tertiary/aromatic N) is 3. The number of anilines is 1. The fourth-order valence-electron chi connectivity index (χ4n) is 2.97. The number of aliphatic hydroxyl groups excluding tert-OH is 1. The van der Waals surface area contributed by atoms with Crippen LogP contribution in [-0.4, -0.2) is 67.8 Å². The van der Waals surface area contributed by atoms with Gasteiger partial charge >= 0.3 is 5.97 Å².